The van der Waals surface area contributed by atoms with Crippen LogP contribution in [0, 0.1) is 12.8 Å². The van der Waals surface area contributed by atoms with Crippen molar-refractivity contribution >= 4 is 5.91 Å². The van der Waals surface area contributed by atoms with Crippen LogP contribution in [-0.2, 0) is 0 Å². The molecule has 1 amide bonds. The van der Waals surface area contributed by atoms with Crippen molar-refractivity contribution in [3.8, 4) is 5.75 Å². The number of hydrogen-bond acceptors (Lipinski definition) is 3. The van der Waals surface area contributed by atoms with Gasteiger partial charge in [-0.1, -0.05) is 13.0 Å². The van der Waals surface area contributed by atoms with Crippen LogP contribution in [0.25, 0.3) is 0 Å². The van der Waals surface area contributed by atoms with Gasteiger partial charge in [0.05, 0.1) is 12.6 Å². The molecule has 1 aliphatic rings. The second-order valence-electron chi connectivity index (χ2n) is 6.31. The summed E-state index contributed by atoms with van der Waals surface area (Å²) >= 11 is 0. The highest BCUT2D eigenvalue weighted by Gasteiger charge is 2.34. The van der Waals surface area contributed by atoms with Gasteiger partial charge in [-0.3, -0.25) is 4.79 Å². The summed E-state index contributed by atoms with van der Waals surface area (Å²) in [4.78, 5) is 12.5. The Balaban J connectivity index is 2.13. The van der Waals surface area contributed by atoms with E-state index in [2.05, 4.69) is 12.2 Å². The minimum Gasteiger partial charge on any atom is -0.496 e. The largest absolute Gasteiger partial charge is 0.496 e. The number of nitrogens with one attached hydrogen (secondary N) is 1. The van der Waals surface area contributed by atoms with Crippen LogP contribution in [-0.4, -0.2) is 25.1 Å². The van der Waals surface area contributed by atoms with Crippen LogP contribution in [0.4, 0.5) is 0 Å². The van der Waals surface area contributed by atoms with Crippen LogP contribution < -0.4 is 15.8 Å². The molecule has 0 aromatic heterocycles. The van der Waals surface area contributed by atoms with E-state index in [1.54, 1.807) is 13.2 Å². The van der Waals surface area contributed by atoms with Crippen molar-refractivity contribution in [3.05, 3.63) is 29.3 Å². The first kappa shape index (κ1) is 15.8. The van der Waals surface area contributed by atoms with Crippen molar-refractivity contribution in [1.29, 1.82) is 0 Å². The smallest absolute Gasteiger partial charge is 0.251 e. The van der Waals surface area contributed by atoms with Gasteiger partial charge in [-0.2, -0.15) is 0 Å². The van der Waals surface area contributed by atoms with Gasteiger partial charge in [0.25, 0.3) is 5.91 Å². The van der Waals surface area contributed by atoms with E-state index in [0.29, 0.717) is 12.1 Å². The van der Waals surface area contributed by atoms with Crippen molar-refractivity contribution in [2.45, 2.75) is 45.1 Å². The Hall–Kier alpha value is -1.55. The van der Waals surface area contributed by atoms with E-state index in [9.17, 15) is 4.79 Å². The molecule has 4 heteroatoms. The fourth-order valence-corrected chi connectivity index (χ4v) is 2.97. The number of methoxy groups -OCH3 is 1. The van der Waals surface area contributed by atoms with Gasteiger partial charge in [-0.15, -0.1) is 0 Å². The predicted molar refractivity (Wildman–Crippen MR) is 84.6 cm³/mol. The first-order valence-electron chi connectivity index (χ1n) is 7.67. The number of benzene rings is 1. The van der Waals surface area contributed by atoms with Crippen LogP contribution >= 0.6 is 0 Å². The predicted octanol–water partition coefficient (Wildman–Crippen LogP) is 2.64. The molecule has 1 fully saturated rings. The lowest BCUT2D eigenvalue weighted by molar-refractivity contribution is 0.0859. The molecule has 21 heavy (non-hydrogen) atoms. The Morgan fingerprint density at radius 3 is 2.67 bits per heavy atom. The maximum absolute atomic E-state index is 12.5. The van der Waals surface area contributed by atoms with Crippen LogP contribution in [0.1, 0.15) is 48.5 Å². The Morgan fingerprint density at radius 2 is 2.10 bits per heavy atom. The van der Waals surface area contributed by atoms with Gasteiger partial charge in [0, 0.05) is 12.1 Å². The standard InChI is InChI=1S/C17H26N2O2/c1-12-6-8-17(11-18,9-7-12)19-16(20)14-5-4-13(2)15(10-14)21-3/h4-5,10,12H,6-9,11,18H2,1-3H3,(H,19,20). The fourth-order valence-electron chi connectivity index (χ4n) is 2.97. The lowest BCUT2D eigenvalue weighted by atomic mass is 9.77. The molecular weight excluding hydrogens is 264 g/mol. The van der Waals surface area contributed by atoms with Gasteiger partial charge in [-0.25, -0.2) is 0 Å². The third-order valence-corrected chi connectivity index (χ3v) is 4.67. The van der Waals surface area contributed by atoms with Crippen LogP contribution in [0.2, 0.25) is 0 Å². The summed E-state index contributed by atoms with van der Waals surface area (Å²) in [5.41, 5.74) is 7.35. The summed E-state index contributed by atoms with van der Waals surface area (Å²) in [6.45, 7) is 4.71. The topological polar surface area (TPSA) is 64.3 Å². The van der Waals surface area contributed by atoms with Crippen LogP contribution in [0.5, 0.6) is 5.75 Å². The molecule has 0 spiro atoms. The zero-order valence-corrected chi connectivity index (χ0v) is 13.2. The Labute approximate surface area is 127 Å². The quantitative estimate of drug-likeness (QED) is 0.896. The molecule has 0 unspecified atom stereocenters. The summed E-state index contributed by atoms with van der Waals surface area (Å²) in [5, 5.41) is 3.17. The van der Waals surface area contributed by atoms with Gasteiger partial charge < -0.3 is 15.8 Å². The summed E-state index contributed by atoms with van der Waals surface area (Å²) in [6.07, 6.45) is 4.15. The average Bonchev–Trinajstić information content (AvgIpc) is 2.50. The minimum atomic E-state index is -0.248. The van der Waals surface area contributed by atoms with Crippen LogP contribution in [0.15, 0.2) is 18.2 Å². The molecule has 0 atom stereocenters. The molecule has 0 radical (unpaired) electrons. The number of hydrogen-bond donors (Lipinski definition) is 2. The first-order valence-corrected chi connectivity index (χ1v) is 7.67. The third-order valence-electron chi connectivity index (χ3n) is 4.67. The highest BCUT2D eigenvalue weighted by molar-refractivity contribution is 5.95. The summed E-state index contributed by atoms with van der Waals surface area (Å²) in [7, 11) is 1.62. The van der Waals surface area contributed by atoms with Gasteiger partial charge in [-0.05, 0) is 56.2 Å². The lowest BCUT2D eigenvalue weighted by Gasteiger charge is -2.39. The van der Waals surface area contributed by atoms with E-state index < -0.39 is 0 Å². The Kier molecular flexibility index (Phi) is 4.88. The molecule has 2 rings (SSSR count). The number of rotatable bonds is 4. The van der Waals surface area contributed by atoms with E-state index in [1.165, 1.54) is 0 Å². The number of carbonyl (C=O) groups excluding carboxylic acids is 1. The van der Waals surface area contributed by atoms with Gasteiger partial charge >= 0.3 is 0 Å². The van der Waals surface area contributed by atoms with Crippen molar-refractivity contribution < 1.29 is 9.53 Å². The monoisotopic (exact) mass is 290 g/mol. The molecule has 4 nitrogen and oxygen atoms in total. The Morgan fingerprint density at radius 1 is 1.43 bits per heavy atom. The van der Waals surface area contributed by atoms with E-state index in [-0.39, 0.29) is 11.4 Å². The third kappa shape index (κ3) is 3.56. The van der Waals surface area contributed by atoms with Gasteiger partial charge in [0.15, 0.2) is 0 Å². The molecular formula is C17H26N2O2. The second-order valence-corrected chi connectivity index (χ2v) is 6.31. The molecule has 116 valence electrons. The van der Waals surface area contributed by atoms with Gasteiger partial charge in [0.2, 0.25) is 0 Å². The summed E-state index contributed by atoms with van der Waals surface area (Å²) in [5.74, 6) is 1.40. The van der Waals surface area contributed by atoms with Crippen molar-refractivity contribution in [2.24, 2.45) is 11.7 Å². The average molecular weight is 290 g/mol. The highest BCUT2D eigenvalue weighted by atomic mass is 16.5. The number of ether oxygens (including phenoxy) is 1. The first-order chi connectivity index (χ1) is 9.99. The molecule has 1 aromatic rings. The zero-order valence-electron chi connectivity index (χ0n) is 13.2. The Bertz CT molecular complexity index is 506. The SMILES string of the molecule is COc1cc(C(=O)NC2(CN)CCC(C)CC2)ccc1C. The van der Waals surface area contributed by atoms with Crippen molar-refractivity contribution in [1.82, 2.24) is 5.32 Å². The molecule has 1 aliphatic carbocycles. The molecule has 0 saturated heterocycles. The lowest BCUT2D eigenvalue weighted by Crippen LogP contribution is -2.55. The fraction of sp³-hybridized carbons (Fsp3) is 0.588. The van der Waals surface area contributed by atoms with Crippen molar-refractivity contribution in [2.75, 3.05) is 13.7 Å². The molecule has 3 N–H and O–H groups in total. The van der Waals surface area contributed by atoms with Crippen molar-refractivity contribution in [3.63, 3.8) is 0 Å². The second kappa shape index (κ2) is 6.48. The molecule has 1 aromatic carbocycles. The highest BCUT2D eigenvalue weighted by Crippen LogP contribution is 2.31. The van der Waals surface area contributed by atoms with E-state index in [0.717, 1.165) is 42.9 Å². The molecule has 0 aliphatic heterocycles. The maximum Gasteiger partial charge on any atom is 0.251 e. The number of nitrogens with two attached hydrogens (primary N) is 1. The molecule has 0 bridgehead atoms. The summed E-state index contributed by atoms with van der Waals surface area (Å²) < 4.78 is 5.29. The molecule has 1 saturated carbocycles. The van der Waals surface area contributed by atoms with E-state index in [1.807, 2.05) is 19.1 Å². The zero-order chi connectivity index (χ0) is 15.5. The maximum atomic E-state index is 12.5. The minimum absolute atomic E-state index is 0.0618. The summed E-state index contributed by atoms with van der Waals surface area (Å²) in [6, 6.07) is 5.54. The normalized spacial score (nSPS) is 25.4. The number of amides is 1. The van der Waals surface area contributed by atoms with Crippen LogP contribution in [0.3, 0.4) is 0 Å². The van der Waals surface area contributed by atoms with E-state index >= 15 is 0 Å². The van der Waals surface area contributed by atoms with E-state index in [4.69, 9.17) is 10.5 Å². The van der Waals surface area contributed by atoms with Gasteiger partial charge in [0.1, 0.15) is 5.75 Å². The molecule has 0 heterocycles. The number of aryl methyl sites for hydroxylation is 1. The number of carbonyl (C=O) groups is 1.